The summed E-state index contributed by atoms with van der Waals surface area (Å²) < 4.78 is 23.1. The van der Waals surface area contributed by atoms with E-state index in [1.54, 1.807) is 12.1 Å². The molecule has 0 saturated carbocycles. The van der Waals surface area contributed by atoms with Gasteiger partial charge in [-0.15, -0.1) is 0 Å². The first kappa shape index (κ1) is 17.7. The standard InChI is InChI=1S/C21H19ClO2S/c1-25(23,24)20-13-10-16(11-14-20)9-12-17-5-2-3-8-21(17)18-6-4-7-19(22)15-18/h2-8,10-11,13-15H,9,12H2,1H3. The summed E-state index contributed by atoms with van der Waals surface area (Å²) in [7, 11) is -3.15. The first-order valence-electron chi connectivity index (χ1n) is 8.06. The number of aryl methyl sites for hydroxylation is 2. The van der Waals surface area contributed by atoms with Crippen LogP contribution in [0.1, 0.15) is 11.1 Å². The lowest BCUT2D eigenvalue weighted by Gasteiger charge is -2.10. The molecule has 0 radical (unpaired) electrons. The molecule has 3 rings (SSSR count). The van der Waals surface area contributed by atoms with Gasteiger partial charge in [-0.2, -0.15) is 0 Å². The van der Waals surface area contributed by atoms with E-state index < -0.39 is 9.84 Å². The maximum Gasteiger partial charge on any atom is 0.175 e. The Hall–Kier alpha value is -2.10. The number of sulfone groups is 1. The Morgan fingerprint density at radius 3 is 2.24 bits per heavy atom. The molecule has 3 aromatic rings. The molecule has 128 valence electrons. The summed E-state index contributed by atoms with van der Waals surface area (Å²) >= 11 is 6.12. The molecule has 0 fully saturated rings. The van der Waals surface area contributed by atoms with Gasteiger partial charge in [0.15, 0.2) is 9.84 Å². The van der Waals surface area contributed by atoms with Gasteiger partial charge in [-0.1, -0.05) is 60.1 Å². The van der Waals surface area contributed by atoms with E-state index in [4.69, 9.17) is 11.6 Å². The van der Waals surface area contributed by atoms with Crippen molar-refractivity contribution in [1.29, 1.82) is 0 Å². The molecular weight excluding hydrogens is 352 g/mol. The van der Waals surface area contributed by atoms with Gasteiger partial charge in [0, 0.05) is 11.3 Å². The van der Waals surface area contributed by atoms with Gasteiger partial charge in [0.25, 0.3) is 0 Å². The highest BCUT2D eigenvalue weighted by Gasteiger charge is 2.08. The van der Waals surface area contributed by atoms with Crippen molar-refractivity contribution < 1.29 is 8.42 Å². The molecule has 0 amide bonds. The van der Waals surface area contributed by atoms with Crippen molar-refractivity contribution in [2.75, 3.05) is 6.26 Å². The summed E-state index contributed by atoms with van der Waals surface area (Å²) in [5, 5.41) is 0.726. The Balaban J connectivity index is 1.80. The third-order valence-electron chi connectivity index (χ3n) is 4.19. The Morgan fingerprint density at radius 2 is 1.56 bits per heavy atom. The number of hydrogen-bond donors (Lipinski definition) is 0. The number of rotatable bonds is 5. The van der Waals surface area contributed by atoms with Crippen molar-refractivity contribution in [3.8, 4) is 11.1 Å². The minimum Gasteiger partial charge on any atom is -0.224 e. The van der Waals surface area contributed by atoms with Crippen LogP contribution in [0, 0.1) is 0 Å². The molecule has 0 N–H and O–H groups in total. The maximum absolute atomic E-state index is 11.5. The highest BCUT2D eigenvalue weighted by molar-refractivity contribution is 7.90. The van der Waals surface area contributed by atoms with E-state index in [-0.39, 0.29) is 0 Å². The van der Waals surface area contributed by atoms with Crippen LogP contribution in [0.4, 0.5) is 0 Å². The van der Waals surface area contributed by atoms with Crippen LogP contribution < -0.4 is 0 Å². The van der Waals surface area contributed by atoms with E-state index in [0.29, 0.717) is 4.90 Å². The van der Waals surface area contributed by atoms with Gasteiger partial charge in [-0.25, -0.2) is 8.42 Å². The molecular formula is C21H19ClO2S. The molecule has 4 heteroatoms. The SMILES string of the molecule is CS(=O)(=O)c1ccc(CCc2ccccc2-c2cccc(Cl)c2)cc1. The normalized spacial score (nSPS) is 11.4. The second-order valence-corrected chi connectivity index (χ2v) is 8.54. The highest BCUT2D eigenvalue weighted by Crippen LogP contribution is 2.27. The van der Waals surface area contributed by atoms with Gasteiger partial charge in [0.05, 0.1) is 4.90 Å². The van der Waals surface area contributed by atoms with Gasteiger partial charge in [0.2, 0.25) is 0 Å². The van der Waals surface area contributed by atoms with Crippen molar-refractivity contribution in [2.45, 2.75) is 17.7 Å². The van der Waals surface area contributed by atoms with Crippen molar-refractivity contribution >= 4 is 21.4 Å². The second-order valence-electron chi connectivity index (χ2n) is 6.08. The average Bonchev–Trinajstić information content (AvgIpc) is 2.60. The zero-order valence-electron chi connectivity index (χ0n) is 13.9. The lowest BCUT2D eigenvalue weighted by molar-refractivity contribution is 0.602. The van der Waals surface area contributed by atoms with Crippen LogP contribution in [-0.2, 0) is 22.7 Å². The van der Waals surface area contributed by atoms with Crippen molar-refractivity contribution in [1.82, 2.24) is 0 Å². The zero-order chi connectivity index (χ0) is 17.9. The number of hydrogen-bond acceptors (Lipinski definition) is 2. The van der Waals surface area contributed by atoms with Crippen LogP contribution >= 0.6 is 11.6 Å². The molecule has 2 nitrogen and oxygen atoms in total. The topological polar surface area (TPSA) is 34.1 Å². The van der Waals surface area contributed by atoms with Gasteiger partial charge in [-0.3, -0.25) is 0 Å². The second kappa shape index (κ2) is 7.42. The summed E-state index contributed by atoms with van der Waals surface area (Å²) in [6.07, 6.45) is 2.95. The summed E-state index contributed by atoms with van der Waals surface area (Å²) in [5.41, 5.74) is 4.65. The number of halogens is 1. The van der Waals surface area contributed by atoms with Crippen molar-refractivity contribution in [2.24, 2.45) is 0 Å². The summed E-state index contributed by atoms with van der Waals surface area (Å²) in [4.78, 5) is 0.357. The average molecular weight is 371 g/mol. The van der Waals surface area contributed by atoms with E-state index in [9.17, 15) is 8.42 Å². The Morgan fingerprint density at radius 1 is 0.840 bits per heavy atom. The fourth-order valence-electron chi connectivity index (χ4n) is 2.86. The summed E-state index contributed by atoms with van der Waals surface area (Å²) in [5.74, 6) is 0. The fraction of sp³-hybridized carbons (Fsp3) is 0.143. The molecule has 3 aromatic carbocycles. The molecule has 0 saturated heterocycles. The number of benzene rings is 3. The van der Waals surface area contributed by atoms with E-state index >= 15 is 0 Å². The van der Waals surface area contributed by atoms with Gasteiger partial charge in [0.1, 0.15) is 0 Å². The predicted molar refractivity (Wildman–Crippen MR) is 104 cm³/mol. The Labute approximate surface area is 154 Å². The quantitative estimate of drug-likeness (QED) is 0.618. The molecule has 0 aliphatic heterocycles. The van der Waals surface area contributed by atoms with E-state index in [1.165, 1.54) is 17.4 Å². The van der Waals surface area contributed by atoms with Gasteiger partial charge < -0.3 is 0 Å². The van der Waals surface area contributed by atoms with Crippen LogP contribution in [0.2, 0.25) is 5.02 Å². The fourth-order valence-corrected chi connectivity index (χ4v) is 3.68. The molecule has 25 heavy (non-hydrogen) atoms. The van der Waals surface area contributed by atoms with Gasteiger partial charge in [-0.05, 0) is 59.4 Å². The van der Waals surface area contributed by atoms with Crippen molar-refractivity contribution in [3.63, 3.8) is 0 Å². The molecule has 0 aromatic heterocycles. The largest absolute Gasteiger partial charge is 0.224 e. The van der Waals surface area contributed by atoms with E-state index in [0.717, 1.165) is 29.0 Å². The Kier molecular flexibility index (Phi) is 5.26. The van der Waals surface area contributed by atoms with Crippen LogP contribution in [0.5, 0.6) is 0 Å². The smallest absolute Gasteiger partial charge is 0.175 e. The Bertz CT molecular complexity index is 977. The van der Waals surface area contributed by atoms with Gasteiger partial charge >= 0.3 is 0 Å². The molecule has 0 heterocycles. The summed E-state index contributed by atoms with van der Waals surface area (Å²) in [6, 6.07) is 23.3. The maximum atomic E-state index is 11.5. The predicted octanol–water partition coefficient (Wildman–Crippen LogP) is 5.20. The highest BCUT2D eigenvalue weighted by atomic mass is 35.5. The zero-order valence-corrected chi connectivity index (χ0v) is 15.5. The third kappa shape index (κ3) is 4.50. The summed E-state index contributed by atoms with van der Waals surface area (Å²) in [6.45, 7) is 0. The first-order valence-corrected chi connectivity index (χ1v) is 10.3. The van der Waals surface area contributed by atoms with E-state index in [2.05, 4.69) is 18.2 Å². The minimum absolute atomic E-state index is 0.357. The van der Waals surface area contributed by atoms with Crippen LogP contribution in [0.15, 0.2) is 77.7 Å². The lowest BCUT2D eigenvalue weighted by Crippen LogP contribution is -1.98. The van der Waals surface area contributed by atoms with E-state index in [1.807, 2.05) is 42.5 Å². The lowest BCUT2D eigenvalue weighted by atomic mass is 9.95. The molecule has 0 bridgehead atoms. The first-order chi connectivity index (χ1) is 11.9. The monoisotopic (exact) mass is 370 g/mol. The third-order valence-corrected chi connectivity index (χ3v) is 5.55. The molecule has 0 aliphatic rings. The minimum atomic E-state index is -3.15. The van der Waals surface area contributed by atoms with Crippen molar-refractivity contribution in [3.05, 3.63) is 88.9 Å². The molecule has 0 spiro atoms. The molecule has 0 aliphatic carbocycles. The van der Waals surface area contributed by atoms with Crippen LogP contribution in [-0.4, -0.2) is 14.7 Å². The van der Waals surface area contributed by atoms with Crippen LogP contribution in [0.3, 0.4) is 0 Å². The molecule has 0 unspecified atom stereocenters. The van der Waals surface area contributed by atoms with Crippen LogP contribution in [0.25, 0.3) is 11.1 Å². The molecule has 0 atom stereocenters.